The number of fused-ring (bicyclic) bond motifs is 1. The van der Waals surface area contributed by atoms with Crippen molar-refractivity contribution in [1.29, 1.82) is 0 Å². The topological polar surface area (TPSA) is 34.9 Å². The molecule has 5 heteroatoms. The molecule has 0 N–H and O–H groups in total. The van der Waals surface area contributed by atoms with Crippen LogP contribution >= 0.6 is 23.1 Å². The standard InChI is InChI=1S/C9H10N2OS2/c1-3-13-9-10-7-6(4-5-14-7)8(12)11(9)2/h4-5H,3H2,1-2H3. The Bertz CT molecular complexity index is 515. The normalized spacial score (nSPS) is 11.0. The molecule has 0 aromatic carbocycles. The Hall–Kier alpha value is -0.810. The summed E-state index contributed by atoms with van der Waals surface area (Å²) in [7, 11) is 1.77. The molecule has 74 valence electrons. The number of nitrogens with zero attached hydrogens (tertiary/aromatic N) is 2. The molecule has 2 aromatic heterocycles. The van der Waals surface area contributed by atoms with E-state index in [4.69, 9.17) is 0 Å². The minimum absolute atomic E-state index is 0.0483. The average Bonchev–Trinajstić information content (AvgIpc) is 2.62. The molecular weight excluding hydrogens is 216 g/mol. The Labute approximate surface area is 89.8 Å². The van der Waals surface area contributed by atoms with Gasteiger partial charge in [-0.1, -0.05) is 18.7 Å². The highest BCUT2D eigenvalue weighted by Crippen LogP contribution is 2.19. The third-order valence-electron chi connectivity index (χ3n) is 1.94. The molecule has 2 aromatic rings. The van der Waals surface area contributed by atoms with E-state index in [1.165, 1.54) is 11.3 Å². The van der Waals surface area contributed by atoms with Gasteiger partial charge in [0, 0.05) is 7.05 Å². The Morgan fingerprint density at radius 2 is 2.43 bits per heavy atom. The molecule has 3 nitrogen and oxygen atoms in total. The number of hydrogen-bond acceptors (Lipinski definition) is 4. The van der Waals surface area contributed by atoms with Crippen LogP contribution in [0.5, 0.6) is 0 Å². The molecule has 0 saturated heterocycles. The van der Waals surface area contributed by atoms with Gasteiger partial charge in [-0.3, -0.25) is 9.36 Å². The molecule has 2 heterocycles. The van der Waals surface area contributed by atoms with Gasteiger partial charge < -0.3 is 0 Å². The van der Waals surface area contributed by atoms with Gasteiger partial charge in [0.1, 0.15) is 4.83 Å². The van der Waals surface area contributed by atoms with Crippen molar-refractivity contribution in [3.8, 4) is 0 Å². The molecule has 0 fully saturated rings. The van der Waals surface area contributed by atoms with E-state index >= 15 is 0 Å². The van der Waals surface area contributed by atoms with Crippen molar-refractivity contribution >= 4 is 33.3 Å². The SMILES string of the molecule is CCSc1nc2sccc2c(=O)n1C. The summed E-state index contributed by atoms with van der Waals surface area (Å²) in [5.41, 5.74) is 0.0483. The van der Waals surface area contributed by atoms with Crippen LogP contribution in [0.1, 0.15) is 6.92 Å². The largest absolute Gasteiger partial charge is 0.290 e. The van der Waals surface area contributed by atoms with Crippen molar-refractivity contribution in [2.24, 2.45) is 7.05 Å². The second-order valence-electron chi connectivity index (χ2n) is 2.83. The Morgan fingerprint density at radius 3 is 3.14 bits per heavy atom. The van der Waals surface area contributed by atoms with Gasteiger partial charge in [0.05, 0.1) is 5.39 Å². The third-order valence-corrected chi connectivity index (χ3v) is 3.66. The molecule has 0 atom stereocenters. The van der Waals surface area contributed by atoms with E-state index in [1.54, 1.807) is 23.4 Å². The van der Waals surface area contributed by atoms with E-state index in [2.05, 4.69) is 11.9 Å². The lowest BCUT2D eigenvalue weighted by Crippen LogP contribution is -2.19. The summed E-state index contributed by atoms with van der Waals surface area (Å²) >= 11 is 3.11. The number of thioether (sulfide) groups is 1. The summed E-state index contributed by atoms with van der Waals surface area (Å²) in [6.45, 7) is 2.05. The molecule has 2 rings (SSSR count). The van der Waals surface area contributed by atoms with Gasteiger partial charge in [-0.05, 0) is 17.2 Å². The van der Waals surface area contributed by atoms with Crippen LogP contribution in [-0.4, -0.2) is 15.3 Å². The first-order valence-corrected chi connectivity index (χ1v) is 6.17. The van der Waals surface area contributed by atoms with E-state index in [0.717, 1.165) is 21.1 Å². The first-order valence-electron chi connectivity index (χ1n) is 4.31. The van der Waals surface area contributed by atoms with Crippen LogP contribution in [0.25, 0.3) is 10.2 Å². The quantitative estimate of drug-likeness (QED) is 0.581. The Balaban J connectivity index is 2.74. The molecule has 14 heavy (non-hydrogen) atoms. The number of rotatable bonds is 2. The number of hydrogen-bond donors (Lipinski definition) is 0. The predicted molar refractivity (Wildman–Crippen MR) is 61.3 cm³/mol. The second-order valence-corrected chi connectivity index (χ2v) is 4.96. The van der Waals surface area contributed by atoms with Gasteiger partial charge in [0.15, 0.2) is 5.16 Å². The Morgan fingerprint density at radius 1 is 1.64 bits per heavy atom. The highest BCUT2D eigenvalue weighted by Gasteiger charge is 2.08. The summed E-state index contributed by atoms with van der Waals surface area (Å²) in [6, 6.07) is 1.83. The first kappa shape index (κ1) is 9.73. The van der Waals surface area contributed by atoms with Crippen LogP contribution in [0.3, 0.4) is 0 Å². The van der Waals surface area contributed by atoms with Crippen LogP contribution in [0.4, 0.5) is 0 Å². The predicted octanol–water partition coefficient (Wildman–Crippen LogP) is 2.11. The molecule has 0 amide bonds. The molecular formula is C9H10N2OS2. The fraction of sp³-hybridized carbons (Fsp3) is 0.333. The van der Waals surface area contributed by atoms with Crippen LogP contribution < -0.4 is 5.56 Å². The van der Waals surface area contributed by atoms with Crippen LogP contribution in [0.2, 0.25) is 0 Å². The van der Waals surface area contributed by atoms with E-state index in [-0.39, 0.29) is 5.56 Å². The fourth-order valence-electron chi connectivity index (χ4n) is 1.24. The van der Waals surface area contributed by atoms with E-state index < -0.39 is 0 Å². The summed E-state index contributed by atoms with van der Waals surface area (Å²) in [6.07, 6.45) is 0. The van der Waals surface area contributed by atoms with Crippen molar-refractivity contribution < 1.29 is 0 Å². The summed E-state index contributed by atoms with van der Waals surface area (Å²) in [5.74, 6) is 0.928. The van der Waals surface area contributed by atoms with E-state index in [1.807, 2.05) is 11.4 Å². The highest BCUT2D eigenvalue weighted by molar-refractivity contribution is 7.99. The van der Waals surface area contributed by atoms with Gasteiger partial charge in [-0.2, -0.15) is 0 Å². The van der Waals surface area contributed by atoms with Crippen molar-refractivity contribution in [2.45, 2.75) is 12.1 Å². The van der Waals surface area contributed by atoms with Crippen molar-refractivity contribution in [3.05, 3.63) is 21.8 Å². The molecule has 0 aliphatic carbocycles. The lowest BCUT2D eigenvalue weighted by Gasteiger charge is -2.04. The molecule has 0 saturated carbocycles. The molecule has 0 radical (unpaired) electrons. The zero-order valence-corrected chi connectivity index (χ0v) is 9.61. The van der Waals surface area contributed by atoms with Crippen molar-refractivity contribution in [2.75, 3.05) is 5.75 Å². The maximum absolute atomic E-state index is 11.8. The summed E-state index contributed by atoms with van der Waals surface area (Å²) in [4.78, 5) is 17.1. The minimum Gasteiger partial charge on any atom is -0.290 e. The smallest absolute Gasteiger partial charge is 0.262 e. The summed E-state index contributed by atoms with van der Waals surface area (Å²) in [5, 5.41) is 3.42. The highest BCUT2D eigenvalue weighted by atomic mass is 32.2. The second kappa shape index (κ2) is 3.74. The maximum atomic E-state index is 11.8. The van der Waals surface area contributed by atoms with Crippen LogP contribution in [0.15, 0.2) is 21.4 Å². The average molecular weight is 226 g/mol. The molecule has 0 aliphatic heterocycles. The number of aromatic nitrogens is 2. The van der Waals surface area contributed by atoms with Crippen LogP contribution in [-0.2, 0) is 7.05 Å². The fourth-order valence-corrected chi connectivity index (χ4v) is 2.74. The van der Waals surface area contributed by atoms with Crippen molar-refractivity contribution in [3.63, 3.8) is 0 Å². The van der Waals surface area contributed by atoms with E-state index in [9.17, 15) is 4.79 Å². The number of thiophene rings is 1. The summed E-state index contributed by atoms with van der Waals surface area (Å²) < 4.78 is 1.61. The molecule has 0 spiro atoms. The van der Waals surface area contributed by atoms with Gasteiger partial charge in [0.25, 0.3) is 5.56 Å². The minimum atomic E-state index is 0.0483. The lowest BCUT2D eigenvalue weighted by molar-refractivity contribution is 0.728. The van der Waals surface area contributed by atoms with Crippen molar-refractivity contribution in [1.82, 2.24) is 9.55 Å². The third kappa shape index (κ3) is 1.46. The molecule has 0 bridgehead atoms. The van der Waals surface area contributed by atoms with Gasteiger partial charge in [-0.15, -0.1) is 11.3 Å². The maximum Gasteiger partial charge on any atom is 0.262 e. The Kier molecular flexibility index (Phi) is 2.60. The van der Waals surface area contributed by atoms with Gasteiger partial charge in [-0.25, -0.2) is 4.98 Å². The molecule has 0 aliphatic rings. The lowest BCUT2D eigenvalue weighted by atomic mass is 10.4. The zero-order valence-electron chi connectivity index (χ0n) is 7.98. The first-order chi connectivity index (χ1) is 6.74. The van der Waals surface area contributed by atoms with E-state index in [0.29, 0.717) is 0 Å². The molecule has 0 unspecified atom stereocenters. The van der Waals surface area contributed by atoms with Crippen LogP contribution in [0, 0.1) is 0 Å². The van der Waals surface area contributed by atoms with Gasteiger partial charge >= 0.3 is 0 Å². The van der Waals surface area contributed by atoms with Gasteiger partial charge in [0.2, 0.25) is 0 Å². The monoisotopic (exact) mass is 226 g/mol. The zero-order chi connectivity index (χ0) is 10.1.